The summed E-state index contributed by atoms with van der Waals surface area (Å²) in [5.41, 5.74) is 0. The van der Waals surface area contributed by atoms with Gasteiger partial charge in [-0.15, -0.1) is 0 Å². The summed E-state index contributed by atoms with van der Waals surface area (Å²) in [6.07, 6.45) is 8.73. The zero-order chi connectivity index (χ0) is 12.5. The highest BCUT2D eigenvalue weighted by atomic mass is 15.2. The van der Waals surface area contributed by atoms with E-state index in [0.29, 0.717) is 0 Å². The van der Waals surface area contributed by atoms with Crippen molar-refractivity contribution < 1.29 is 0 Å². The molecule has 0 aromatic carbocycles. The summed E-state index contributed by atoms with van der Waals surface area (Å²) in [4.78, 5) is 2.86. The molecule has 3 aliphatic rings. The molecule has 0 radical (unpaired) electrons. The molecule has 2 saturated heterocycles. The van der Waals surface area contributed by atoms with Crippen LogP contribution >= 0.6 is 0 Å². The van der Waals surface area contributed by atoms with Crippen molar-refractivity contribution in [3.05, 3.63) is 0 Å². The van der Waals surface area contributed by atoms with E-state index < -0.39 is 0 Å². The SMILES string of the molecule is CC(C)C1CCCCC1N1C[C@@H]2CCCN[C@@H]2C1. The summed E-state index contributed by atoms with van der Waals surface area (Å²) < 4.78 is 0. The molecule has 2 heteroatoms. The fraction of sp³-hybridized carbons (Fsp3) is 1.00. The van der Waals surface area contributed by atoms with Gasteiger partial charge in [0.1, 0.15) is 0 Å². The standard InChI is InChI=1S/C16H30N2/c1-12(2)14-7-3-4-8-16(14)18-10-13-6-5-9-17-15(13)11-18/h12-17H,3-11H2,1-2H3/t13-,14?,15+,16?/m0/s1. The van der Waals surface area contributed by atoms with Crippen molar-refractivity contribution in [3.8, 4) is 0 Å². The van der Waals surface area contributed by atoms with E-state index in [-0.39, 0.29) is 0 Å². The number of likely N-dealkylation sites (tertiary alicyclic amines) is 1. The maximum absolute atomic E-state index is 3.75. The lowest BCUT2D eigenvalue weighted by Gasteiger charge is -2.40. The summed E-state index contributed by atoms with van der Waals surface area (Å²) in [6, 6.07) is 1.71. The Morgan fingerprint density at radius 1 is 1.00 bits per heavy atom. The zero-order valence-electron chi connectivity index (χ0n) is 12.2. The molecule has 0 aromatic rings. The molecule has 4 atom stereocenters. The Hall–Kier alpha value is -0.0800. The number of fused-ring (bicyclic) bond motifs is 1. The van der Waals surface area contributed by atoms with Crippen LogP contribution in [0.2, 0.25) is 0 Å². The summed E-state index contributed by atoms with van der Waals surface area (Å²) in [5, 5.41) is 3.75. The van der Waals surface area contributed by atoms with E-state index >= 15 is 0 Å². The molecule has 18 heavy (non-hydrogen) atoms. The van der Waals surface area contributed by atoms with Gasteiger partial charge in [0.15, 0.2) is 0 Å². The molecule has 1 saturated carbocycles. The second kappa shape index (κ2) is 5.50. The molecule has 2 nitrogen and oxygen atoms in total. The van der Waals surface area contributed by atoms with Crippen molar-refractivity contribution in [3.63, 3.8) is 0 Å². The Labute approximate surface area is 113 Å². The monoisotopic (exact) mass is 250 g/mol. The summed E-state index contributed by atoms with van der Waals surface area (Å²) in [7, 11) is 0. The second-order valence-corrected chi connectivity index (χ2v) is 7.18. The first-order valence-corrected chi connectivity index (χ1v) is 8.23. The molecule has 0 bridgehead atoms. The molecule has 2 aliphatic heterocycles. The van der Waals surface area contributed by atoms with E-state index in [9.17, 15) is 0 Å². The largest absolute Gasteiger partial charge is 0.312 e. The molecule has 2 unspecified atom stereocenters. The Kier molecular flexibility index (Phi) is 3.95. The lowest BCUT2D eigenvalue weighted by atomic mass is 9.77. The van der Waals surface area contributed by atoms with Crippen molar-refractivity contribution >= 4 is 0 Å². The van der Waals surface area contributed by atoms with Gasteiger partial charge in [-0.3, -0.25) is 4.90 Å². The predicted octanol–water partition coefficient (Wildman–Crippen LogP) is 2.89. The van der Waals surface area contributed by atoms with Gasteiger partial charge in [-0.05, 0) is 50.0 Å². The van der Waals surface area contributed by atoms with Crippen LogP contribution in [0.25, 0.3) is 0 Å². The molecule has 1 N–H and O–H groups in total. The zero-order valence-corrected chi connectivity index (χ0v) is 12.2. The van der Waals surface area contributed by atoms with E-state index in [1.807, 2.05) is 0 Å². The highest BCUT2D eigenvalue weighted by Crippen LogP contribution is 2.37. The Balaban J connectivity index is 1.66. The molecule has 3 rings (SSSR count). The fourth-order valence-corrected chi connectivity index (χ4v) is 4.72. The first-order chi connectivity index (χ1) is 8.75. The van der Waals surface area contributed by atoms with Crippen molar-refractivity contribution in [1.82, 2.24) is 10.2 Å². The number of rotatable bonds is 2. The van der Waals surface area contributed by atoms with Crippen LogP contribution in [0.3, 0.4) is 0 Å². The van der Waals surface area contributed by atoms with Crippen molar-refractivity contribution in [1.29, 1.82) is 0 Å². The topological polar surface area (TPSA) is 15.3 Å². The average Bonchev–Trinajstić information content (AvgIpc) is 2.82. The first-order valence-electron chi connectivity index (χ1n) is 8.23. The highest BCUT2D eigenvalue weighted by Gasteiger charge is 2.40. The van der Waals surface area contributed by atoms with E-state index in [1.165, 1.54) is 58.2 Å². The van der Waals surface area contributed by atoms with Crippen LogP contribution in [0.1, 0.15) is 52.4 Å². The number of hydrogen-bond donors (Lipinski definition) is 1. The van der Waals surface area contributed by atoms with Gasteiger partial charge in [-0.2, -0.15) is 0 Å². The molecule has 0 aromatic heterocycles. The van der Waals surface area contributed by atoms with E-state index in [4.69, 9.17) is 0 Å². The summed E-state index contributed by atoms with van der Waals surface area (Å²) >= 11 is 0. The Morgan fingerprint density at radius 2 is 1.83 bits per heavy atom. The van der Waals surface area contributed by atoms with Crippen molar-refractivity contribution in [2.24, 2.45) is 17.8 Å². The van der Waals surface area contributed by atoms with Gasteiger partial charge in [0, 0.05) is 25.2 Å². The molecule has 1 aliphatic carbocycles. The van der Waals surface area contributed by atoms with E-state index in [2.05, 4.69) is 24.1 Å². The normalized spacial score (nSPS) is 42.2. The summed E-state index contributed by atoms with van der Waals surface area (Å²) in [5.74, 6) is 2.78. The maximum atomic E-state index is 3.75. The van der Waals surface area contributed by atoms with Gasteiger partial charge in [0.2, 0.25) is 0 Å². The fourth-order valence-electron chi connectivity index (χ4n) is 4.72. The minimum Gasteiger partial charge on any atom is -0.312 e. The average molecular weight is 250 g/mol. The van der Waals surface area contributed by atoms with Gasteiger partial charge in [-0.1, -0.05) is 26.7 Å². The van der Waals surface area contributed by atoms with Gasteiger partial charge >= 0.3 is 0 Å². The van der Waals surface area contributed by atoms with Crippen molar-refractivity contribution in [2.75, 3.05) is 19.6 Å². The smallest absolute Gasteiger partial charge is 0.0235 e. The van der Waals surface area contributed by atoms with E-state index in [1.54, 1.807) is 0 Å². The molecule has 3 fully saturated rings. The highest BCUT2D eigenvalue weighted by molar-refractivity contribution is 4.96. The van der Waals surface area contributed by atoms with Crippen molar-refractivity contribution in [2.45, 2.75) is 64.5 Å². The molecule has 104 valence electrons. The van der Waals surface area contributed by atoms with Crippen LogP contribution in [0.5, 0.6) is 0 Å². The number of hydrogen-bond acceptors (Lipinski definition) is 2. The summed E-state index contributed by atoms with van der Waals surface area (Å²) in [6.45, 7) is 8.84. The van der Waals surface area contributed by atoms with Crippen LogP contribution in [0.4, 0.5) is 0 Å². The second-order valence-electron chi connectivity index (χ2n) is 7.18. The predicted molar refractivity (Wildman–Crippen MR) is 76.7 cm³/mol. The van der Waals surface area contributed by atoms with E-state index in [0.717, 1.165) is 29.8 Å². The van der Waals surface area contributed by atoms with Gasteiger partial charge in [-0.25, -0.2) is 0 Å². The molecular weight excluding hydrogens is 220 g/mol. The Morgan fingerprint density at radius 3 is 2.61 bits per heavy atom. The minimum atomic E-state index is 0.813. The lowest BCUT2D eigenvalue weighted by Crippen LogP contribution is -2.45. The lowest BCUT2D eigenvalue weighted by molar-refractivity contribution is 0.0947. The molecule has 0 spiro atoms. The number of nitrogens with zero attached hydrogens (tertiary/aromatic N) is 1. The van der Waals surface area contributed by atoms with Gasteiger partial charge in [0.05, 0.1) is 0 Å². The molecule has 0 amide bonds. The third-order valence-electron chi connectivity index (χ3n) is 5.73. The van der Waals surface area contributed by atoms with Crippen LogP contribution in [0.15, 0.2) is 0 Å². The first kappa shape index (κ1) is 12.9. The number of piperidine rings is 1. The Bertz CT molecular complexity index is 262. The van der Waals surface area contributed by atoms with Crippen LogP contribution in [-0.2, 0) is 0 Å². The van der Waals surface area contributed by atoms with Crippen LogP contribution < -0.4 is 5.32 Å². The minimum absolute atomic E-state index is 0.813. The third-order valence-corrected chi connectivity index (χ3v) is 5.73. The van der Waals surface area contributed by atoms with Gasteiger partial charge in [0.25, 0.3) is 0 Å². The molecule has 2 heterocycles. The molecular formula is C16H30N2. The third kappa shape index (κ3) is 2.46. The maximum Gasteiger partial charge on any atom is 0.0235 e. The quantitative estimate of drug-likeness (QED) is 0.811. The number of nitrogens with one attached hydrogen (secondary N) is 1. The van der Waals surface area contributed by atoms with Crippen LogP contribution in [-0.4, -0.2) is 36.6 Å². The van der Waals surface area contributed by atoms with Crippen LogP contribution in [0, 0.1) is 17.8 Å². The van der Waals surface area contributed by atoms with Gasteiger partial charge < -0.3 is 5.32 Å².